The van der Waals surface area contributed by atoms with E-state index in [9.17, 15) is 30.4 Å². The largest absolute Gasteiger partial charge is 0.507 e. The highest BCUT2D eigenvalue weighted by molar-refractivity contribution is 5.82. The molecule has 0 spiro atoms. The van der Waals surface area contributed by atoms with Gasteiger partial charge in [0.1, 0.15) is 11.5 Å². The van der Waals surface area contributed by atoms with Crippen LogP contribution in [0.15, 0.2) is 36.4 Å². The number of nitrogens with zero attached hydrogens (tertiary/aromatic N) is 2. The molecule has 46 heavy (non-hydrogen) atoms. The van der Waals surface area contributed by atoms with E-state index in [-0.39, 0.29) is 55.7 Å². The maximum Gasteiger partial charge on any atom is 0.283 e. The number of aromatic hydroxyl groups is 2. The molecule has 3 rings (SSSR count). The third-order valence-electron chi connectivity index (χ3n) is 7.98. The van der Waals surface area contributed by atoms with Gasteiger partial charge in [-0.25, -0.2) is 0 Å². The fraction of sp³-hybridized carbons (Fsp3) is 0.421. The van der Waals surface area contributed by atoms with Gasteiger partial charge in [0.15, 0.2) is 0 Å². The molecule has 0 saturated heterocycles. The maximum atomic E-state index is 12.1. The van der Waals surface area contributed by atoms with Crippen molar-refractivity contribution in [2.75, 3.05) is 0 Å². The zero-order valence-electron chi connectivity index (χ0n) is 29.2. The molecule has 3 aromatic rings. The van der Waals surface area contributed by atoms with Crippen molar-refractivity contribution in [3.05, 3.63) is 101 Å². The lowest BCUT2D eigenvalue weighted by Gasteiger charge is -2.27. The zero-order valence-corrected chi connectivity index (χ0v) is 29.2. The van der Waals surface area contributed by atoms with Gasteiger partial charge < -0.3 is 10.2 Å². The normalized spacial score (nSPS) is 13.1. The molecule has 8 heteroatoms. The summed E-state index contributed by atoms with van der Waals surface area (Å²) < 4.78 is 0. The van der Waals surface area contributed by atoms with Gasteiger partial charge in [0.2, 0.25) is 0 Å². The molecule has 0 bridgehead atoms. The molecule has 0 fully saturated rings. The van der Waals surface area contributed by atoms with Gasteiger partial charge in [-0.1, -0.05) is 95.2 Å². The van der Waals surface area contributed by atoms with E-state index >= 15 is 0 Å². The fourth-order valence-corrected chi connectivity index (χ4v) is 5.36. The molecule has 3 aromatic carbocycles. The van der Waals surface area contributed by atoms with Crippen LogP contribution in [0.4, 0.5) is 11.4 Å². The molecule has 0 amide bonds. The van der Waals surface area contributed by atoms with Crippen LogP contribution in [0, 0.1) is 20.2 Å². The van der Waals surface area contributed by atoms with Crippen LogP contribution in [-0.2, 0) is 21.7 Å². The van der Waals surface area contributed by atoms with Gasteiger partial charge in [0, 0.05) is 22.3 Å². The second-order valence-electron chi connectivity index (χ2n) is 16.1. The highest BCUT2D eigenvalue weighted by Crippen LogP contribution is 2.42. The fourth-order valence-electron chi connectivity index (χ4n) is 5.36. The van der Waals surface area contributed by atoms with E-state index < -0.39 is 9.85 Å². The number of hydrogen-bond acceptors (Lipinski definition) is 6. The third-order valence-corrected chi connectivity index (χ3v) is 7.98. The second-order valence-corrected chi connectivity index (χ2v) is 16.1. The Morgan fingerprint density at radius 3 is 0.957 bits per heavy atom. The zero-order chi connectivity index (χ0) is 35.2. The predicted molar refractivity (Wildman–Crippen MR) is 189 cm³/mol. The molecule has 0 aromatic heterocycles. The summed E-state index contributed by atoms with van der Waals surface area (Å²) in [4.78, 5) is 22.9. The van der Waals surface area contributed by atoms with Crippen LogP contribution in [0.5, 0.6) is 11.5 Å². The first-order valence-corrected chi connectivity index (χ1v) is 15.4. The molecule has 0 heterocycles. The summed E-state index contributed by atoms with van der Waals surface area (Å²) in [5.74, 6) is 0.453. The van der Waals surface area contributed by atoms with E-state index in [4.69, 9.17) is 0 Å². The summed E-state index contributed by atoms with van der Waals surface area (Å²) in [5.41, 5.74) is 2.66. The van der Waals surface area contributed by atoms with Crippen molar-refractivity contribution in [3.8, 4) is 11.5 Å². The van der Waals surface area contributed by atoms with Gasteiger partial charge in [-0.05, 0) is 75.3 Å². The lowest BCUT2D eigenvalue weighted by Crippen LogP contribution is -2.17. The Labute approximate surface area is 272 Å². The Hall–Kier alpha value is -4.46. The Bertz CT molecular complexity index is 1540. The van der Waals surface area contributed by atoms with E-state index in [0.717, 1.165) is 39.4 Å². The van der Waals surface area contributed by atoms with E-state index in [2.05, 4.69) is 0 Å². The van der Waals surface area contributed by atoms with E-state index in [0.29, 0.717) is 0 Å². The maximum absolute atomic E-state index is 12.1. The minimum absolute atomic E-state index is 0.203. The molecule has 2 N–H and O–H groups in total. The van der Waals surface area contributed by atoms with Crippen LogP contribution in [-0.4, -0.2) is 20.1 Å². The second kappa shape index (κ2) is 12.4. The van der Waals surface area contributed by atoms with E-state index in [1.807, 2.05) is 107 Å². The molecule has 0 unspecified atom stereocenters. The molecule has 246 valence electrons. The summed E-state index contributed by atoms with van der Waals surface area (Å²) in [5, 5.41) is 46.4. The molecule has 0 radical (unpaired) electrons. The van der Waals surface area contributed by atoms with Crippen LogP contribution >= 0.6 is 0 Å². The Morgan fingerprint density at radius 2 is 0.739 bits per heavy atom. The molecule has 0 aliphatic carbocycles. The summed E-state index contributed by atoms with van der Waals surface area (Å²) in [7, 11) is 0. The van der Waals surface area contributed by atoms with Crippen molar-refractivity contribution in [1.29, 1.82) is 0 Å². The number of nitro groups is 2. The molecular formula is C38H48N2O6. The van der Waals surface area contributed by atoms with Crippen molar-refractivity contribution in [2.45, 2.75) is 105 Å². The average Bonchev–Trinajstić information content (AvgIpc) is 2.88. The Balaban J connectivity index is 2.25. The molecule has 0 saturated carbocycles. The first-order chi connectivity index (χ1) is 20.8. The average molecular weight is 629 g/mol. The van der Waals surface area contributed by atoms with Crippen molar-refractivity contribution < 1.29 is 20.1 Å². The van der Waals surface area contributed by atoms with Crippen LogP contribution in [0.2, 0.25) is 0 Å². The number of phenolic OH excluding ortho intramolecular Hbond substituents is 2. The summed E-state index contributed by atoms with van der Waals surface area (Å²) in [6.07, 6.45) is 6.63. The topological polar surface area (TPSA) is 127 Å². The van der Waals surface area contributed by atoms with Crippen molar-refractivity contribution in [1.82, 2.24) is 0 Å². The predicted octanol–water partition coefficient (Wildman–Crippen LogP) is 10.4. The summed E-state index contributed by atoms with van der Waals surface area (Å²) in [6, 6.07) is 9.91. The van der Waals surface area contributed by atoms with Gasteiger partial charge >= 0.3 is 0 Å². The molecular weight excluding hydrogens is 580 g/mol. The van der Waals surface area contributed by atoms with Crippen molar-refractivity contribution in [2.24, 2.45) is 0 Å². The van der Waals surface area contributed by atoms with Gasteiger partial charge in [-0.3, -0.25) is 20.2 Å². The summed E-state index contributed by atoms with van der Waals surface area (Å²) >= 11 is 0. The lowest BCUT2D eigenvalue weighted by molar-refractivity contribution is -0.394. The van der Waals surface area contributed by atoms with Crippen LogP contribution in [0.3, 0.4) is 0 Å². The van der Waals surface area contributed by atoms with E-state index in [1.54, 1.807) is 24.3 Å². The molecule has 0 aliphatic rings. The van der Waals surface area contributed by atoms with Crippen molar-refractivity contribution >= 4 is 35.7 Å². The number of rotatable bonds is 6. The first-order valence-electron chi connectivity index (χ1n) is 15.4. The highest BCUT2D eigenvalue weighted by Gasteiger charge is 2.28. The Kier molecular flexibility index (Phi) is 9.70. The van der Waals surface area contributed by atoms with Crippen molar-refractivity contribution in [3.63, 3.8) is 0 Å². The minimum Gasteiger partial charge on any atom is -0.507 e. The SMILES string of the molecule is CC(C)(C)c1cc(/C=C\c2cc(/C=C/c3cc(C(C)(C)C)c(O)c(C(C)(C)C)c3)c([N+](=O)[O-])cc2[N+](=O)[O-])cc(C(C)(C)C)c1O. The van der Waals surface area contributed by atoms with Crippen LogP contribution in [0.1, 0.15) is 128 Å². The van der Waals surface area contributed by atoms with E-state index in [1.165, 1.54) is 6.07 Å². The minimum atomic E-state index is -0.622. The third kappa shape index (κ3) is 8.03. The highest BCUT2D eigenvalue weighted by atomic mass is 16.6. The van der Waals surface area contributed by atoms with Gasteiger partial charge in [0.25, 0.3) is 11.4 Å². The Morgan fingerprint density at radius 1 is 0.478 bits per heavy atom. The quantitative estimate of drug-likeness (QED) is 0.159. The van der Waals surface area contributed by atoms with Gasteiger partial charge in [0.05, 0.1) is 27.0 Å². The smallest absolute Gasteiger partial charge is 0.283 e. The monoisotopic (exact) mass is 628 g/mol. The number of benzene rings is 3. The standard InChI is InChI=1S/C38H48N2O6/c1-35(2,3)27-17-23(18-28(33(27)41)36(4,5)6)13-15-25-21-26(32(40(45)46)22-31(25)39(43)44)16-14-24-19-29(37(7,8)9)34(42)30(20-24)38(10,11)12/h13-22,41-42H,1-12H3/b15-13-,16-14+. The van der Waals surface area contributed by atoms with Crippen LogP contribution < -0.4 is 0 Å². The van der Waals surface area contributed by atoms with Crippen LogP contribution in [0.25, 0.3) is 24.3 Å². The first kappa shape index (κ1) is 36.0. The van der Waals surface area contributed by atoms with Gasteiger partial charge in [-0.2, -0.15) is 0 Å². The number of hydrogen-bond donors (Lipinski definition) is 2. The molecule has 0 aliphatic heterocycles. The lowest BCUT2D eigenvalue weighted by atomic mass is 9.78. The summed E-state index contributed by atoms with van der Waals surface area (Å²) in [6.45, 7) is 24.1. The number of phenols is 2. The van der Waals surface area contributed by atoms with Gasteiger partial charge in [-0.15, -0.1) is 0 Å². The molecule has 0 atom stereocenters. The number of nitro benzene ring substituents is 2. The molecule has 8 nitrogen and oxygen atoms in total.